The monoisotopic (exact) mass is 407 g/mol. The van der Waals surface area contributed by atoms with Gasteiger partial charge in [-0.3, -0.25) is 9.78 Å². The Hall–Kier alpha value is -2.09. The molecule has 134 valence electrons. The molecule has 9 heteroatoms. The first kappa shape index (κ1) is 18.7. The molecular formula is C17H15Cl2N5OS. The summed E-state index contributed by atoms with van der Waals surface area (Å²) in [7, 11) is 1.86. The van der Waals surface area contributed by atoms with Crippen LogP contribution in [-0.4, -0.2) is 30.9 Å². The van der Waals surface area contributed by atoms with Gasteiger partial charge < -0.3 is 9.88 Å². The summed E-state index contributed by atoms with van der Waals surface area (Å²) < 4.78 is 1.84. The maximum absolute atomic E-state index is 12.5. The van der Waals surface area contributed by atoms with Gasteiger partial charge in [0.15, 0.2) is 11.0 Å². The predicted molar refractivity (Wildman–Crippen MR) is 105 cm³/mol. The standard InChI is InChI=1S/C17H15Cl2N5OS/c1-10(16(25)21-14-9-12(18)3-4-13(14)19)26-17-23-22-15(24(17)2)11-5-7-20-8-6-11/h3-10H,1-2H3,(H,21,25)/t10-/m1/s1. The lowest BCUT2D eigenvalue weighted by Crippen LogP contribution is -2.23. The molecule has 0 saturated heterocycles. The first-order valence-electron chi connectivity index (χ1n) is 7.68. The molecule has 3 rings (SSSR count). The smallest absolute Gasteiger partial charge is 0.237 e. The number of pyridine rings is 1. The Morgan fingerprint density at radius 3 is 2.65 bits per heavy atom. The van der Waals surface area contributed by atoms with Gasteiger partial charge in [-0.05, 0) is 37.3 Å². The van der Waals surface area contributed by atoms with Gasteiger partial charge in [-0.2, -0.15) is 0 Å². The number of carbonyl (C=O) groups is 1. The number of rotatable bonds is 5. The van der Waals surface area contributed by atoms with Crippen LogP contribution in [0.15, 0.2) is 47.9 Å². The van der Waals surface area contributed by atoms with Crippen LogP contribution in [0.2, 0.25) is 10.0 Å². The van der Waals surface area contributed by atoms with Crippen LogP contribution in [-0.2, 0) is 11.8 Å². The molecule has 0 bridgehead atoms. The topological polar surface area (TPSA) is 72.7 Å². The quantitative estimate of drug-likeness (QED) is 0.638. The molecule has 3 aromatic rings. The molecule has 0 spiro atoms. The Bertz CT molecular complexity index is 932. The average Bonchev–Trinajstić information content (AvgIpc) is 2.99. The molecule has 0 radical (unpaired) electrons. The fourth-order valence-corrected chi connectivity index (χ4v) is 3.36. The second-order valence-electron chi connectivity index (χ2n) is 5.47. The molecule has 2 heterocycles. The van der Waals surface area contributed by atoms with E-state index in [0.717, 1.165) is 5.56 Å². The lowest BCUT2D eigenvalue weighted by Gasteiger charge is -2.13. The number of aromatic nitrogens is 4. The highest BCUT2D eigenvalue weighted by molar-refractivity contribution is 8.00. The van der Waals surface area contributed by atoms with Crippen molar-refractivity contribution in [3.8, 4) is 11.4 Å². The molecular weight excluding hydrogens is 393 g/mol. The highest BCUT2D eigenvalue weighted by Gasteiger charge is 2.20. The van der Waals surface area contributed by atoms with E-state index in [1.165, 1.54) is 11.8 Å². The second-order valence-corrected chi connectivity index (χ2v) is 7.63. The summed E-state index contributed by atoms with van der Waals surface area (Å²) in [5, 5.41) is 12.3. The molecule has 0 aliphatic rings. The lowest BCUT2D eigenvalue weighted by atomic mass is 10.2. The highest BCUT2D eigenvalue weighted by Crippen LogP contribution is 2.28. The van der Waals surface area contributed by atoms with Crippen LogP contribution in [0.4, 0.5) is 5.69 Å². The van der Waals surface area contributed by atoms with Gasteiger partial charge in [0.1, 0.15) is 0 Å². The summed E-state index contributed by atoms with van der Waals surface area (Å²) in [6.07, 6.45) is 3.39. The molecule has 6 nitrogen and oxygen atoms in total. The Labute approximate surface area is 164 Å². The Morgan fingerprint density at radius 1 is 1.19 bits per heavy atom. The predicted octanol–water partition coefficient (Wildman–Crippen LogP) is 4.30. The van der Waals surface area contributed by atoms with Crippen LogP contribution in [0, 0.1) is 0 Å². The fraction of sp³-hybridized carbons (Fsp3) is 0.176. The van der Waals surface area contributed by atoms with Gasteiger partial charge in [0, 0.05) is 30.0 Å². The zero-order valence-corrected chi connectivity index (χ0v) is 16.3. The molecule has 1 aromatic carbocycles. The summed E-state index contributed by atoms with van der Waals surface area (Å²) in [6, 6.07) is 8.63. The fourth-order valence-electron chi connectivity index (χ4n) is 2.21. The number of amides is 1. The average molecular weight is 408 g/mol. The molecule has 0 unspecified atom stereocenters. The van der Waals surface area contributed by atoms with Crippen molar-refractivity contribution in [1.82, 2.24) is 19.7 Å². The Balaban J connectivity index is 1.72. The van der Waals surface area contributed by atoms with E-state index in [4.69, 9.17) is 23.2 Å². The third-order valence-electron chi connectivity index (χ3n) is 3.61. The normalized spacial score (nSPS) is 12.0. The van der Waals surface area contributed by atoms with E-state index in [-0.39, 0.29) is 5.91 Å². The molecule has 2 aromatic heterocycles. The maximum atomic E-state index is 12.5. The van der Waals surface area contributed by atoms with Gasteiger partial charge in [-0.1, -0.05) is 35.0 Å². The zero-order valence-electron chi connectivity index (χ0n) is 14.0. The minimum absolute atomic E-state index is 0.201. The number of thioether (sulfide) groups is 1. The van der Waals surface area contributed by atoms with Gasteiger partial charge >= 0.3 is 0 Å². The van der Waals surface area contributed by atoms with E-state index in [1.54, 1.807) is 37.5 Å². The number of anilines is 1. The third kappa shape index (κ3) is 4.17. The van der Waals surface area contributed by atoms with Crippen LogP contribution in [0.25, 0.3) is 11.4 Å². The van der Waals surface area contributed by atoms with Crippen LogP contribution in [0.1, 0.15) is 6.92 Å². The van der Waals surface area contributed by atoms with E-state index in [1.807, 2.05) is 23.7 Å². The molecule has 1 amide bonds. The van der Waals surface area contributed by atoms with E-state index < -0.39 is 5.25 Å². The molecule has 0 aliphatic heterocycles. The second kappa shape index (κ2) is 8.07. The summed E-state index contributed by atoms with van der Waals surface area (Å²) in [4.78, 5) is 16.5. The van der Waals surface area contributed by atoms with E-state index in [0.29, 0.717) is 26.7 Å². The van der Waals surface area contributed by atoms with Crippen LogP contribution in [0.5, 0.6) is 0 Å². The van der Waals surface area contributed by atoms with E-state index >= 15 is 0 Å². The van der Waals surface area contributed by atoms with Crippen molar-refractivity contribution >= 4 is 46.6 Å². The molecule has 1 atom stereocenters. The molecule has 1 N–H and O–H groups in total. The lowest BCUT2D eigenvalue weighted by molar-refractivity contribution is -0.115. The van der Waals surface area contributed by atoms with Crippen molar-refractivity contribution in [2.24, 2.45) is 7.05 Å². The summed E-state index contributed by atoms with van der Waals surface area (Å²) in [6.45, 7) is 1.79. The van der Waals surface area contributed by atoms with Crippen LogP contribution < -0.4 is 5.32 Å². The van der Waals surface area contributed by atoms with Crippen molar-refractivity contribution in [2.45, 2.75) is 17.3 Å². The highest BCUT2D eigenvalue weighted by atomic mass is 35.5. The molecule has 0 aliphatic carbocycles. The number of benzene rings is 1. The van der Waals surface area contributed by atoms with Gasteiger partial charge in [0.25, 0.3) is 0 Å². The van der Waals surface area contributed by atoms with Gasteiger partial charge in [-0.15, -0.1) is 10.2 Å². The number of halogens is 2. The van der Waals surface area contributed by atoms with Crippen molar-refractivity contribution in [3.63, 3.8) is 0 Å². The van der Waals surface area contributed by atoms with Crippen molar-refractivity contribution in [3.05, 3.63) is 52.8 Å². The Morgan fingerprint density at radius 2 is 1.92 bits per heavy atom. The zero-order chi connectivity index (χ0) is 18.7. The largest absolute Gasteiger partial charge is 0.324 e. The summed E-state index contributed by atoms with van der Waals surface area (Å²) >= 11 is 13.3. The van der Waals surface area contributed by atoms with Crippen molar-refractivity contribution < 1.29 is 4.79 Å². The molecule has 0 fully saturated rings. The number of nitrogens with one attached hydrogen (secondary N) is 1. The molecule has 26 heavy (non-hydrogen) atoms. The first-order valence-corrected chi connectivity index (χ1v) is 9.31. The van der Waals surface area contributed by atoms with E-state index in [9.17, 15) is 4.79 Å². The minimum Gasteiger partial charge on any atom is -0.324 e. The first-order chi connectivity index (χ1) is 12.5. The SMILES string of the molecule is C[C@@H](Sc1nnc(-c2ccncc2)n1C)C(=O)Nc1cc(Cl)ccc1Cl. The van der Waals surface area contributed by atoms with Gasteiger partial charge in [0.05, 0.1) is 16.0 Å². The maximum Gasteiger partial charge on any atom is 0.237 e. The summed E-state index contributed by atoms with van der Waals surface area (Å²) in [5.74, 6) is 0.507. The van der Waals surface area contributed by atoms with Gasteiger partial charge in [0.2, 0.25) is 5.91 Å². The Kier molecular flexibility index (Phi) is 5.80. The number of hydrogen-bond donors (Lipinski definition) is 1. The summed E-state index contributed by atoms with van der Waals surface area (Å²) in [5.41, 5.74) is 1.39. The van der Waals surface area contributed by atoms with E-state index in [2.05, 4.69) is 20.5 Å². The minimum atomic E-state index is -0.404. The number of nitrogens with zero attached hydrogens (tertiary/aromatic N) is 4. The third-order valence-corrected chi connectivity index (χ3v) is 5.31. The van der Waals surface area contributed by atoms with Crippen LogP contribution >= 0.6 is 35.0 Å². The molecule has 0 saturated carbocycles. The van der Waals surface area contributed by atoms with Gasteiger partial charge in [-0.25, -0.2) is 0 Å². The number of carbonyl (C=O) groups excluding carboxylic acids is 1. The number of hydrogen-bond acceptors (Lipinski definition) is 5. The van der Waals surface area contributed by atoms with Crippen LogP contribution in [0.3, 0.4) is 0 Å². The van der Waals surface area contributed by atoms with Crippen molar-refractivity contribution in [1.29, 1.82) is 0 Å². The van der Waals surface area contributed by atoms with Crippen molar-refractivity contribution in [2.75, 3.05) is 5.32 Å².